The minimum atomic E-state index is -0.717. The summed E-state index contributed by atoms with van der Waals surface area (Å²) in [6.45, 7) is 1.40. The quantitative estimate of drug-likeness (QED) is 0.383. The van der Waals surface area contributed by atoms with Gasteiger partial charge in [0.25, 0.3) is 5.91 Å². The first-order chi connectivity index (χ1) is 14.5. The van der Waals surface area contributed by atoms with E-state index in [0.717, 1.165) is 11.1 Å². The van der Waals surface area contributed by atoms with E-state index < -0.39 is 25.1 Å². The number of fused-ring (bicyclic) bond motifs is 1. The zero-order valence-corrected chi connectivity index (χ0v) is 16.4. The van der Waals surface area contributed by atoms with Gasteiger partial charge in [0.1, 0.15) is 5.82 Å². The average molecular weight is 416 g/mol. The molecule has 1 aliphatic heterocycles. The second-order valence-corrected chi connectivity index (χ2v) is 6.41. The molecule has 0 bridgehead atoms. The van der Waals surface area contributed by atoms with Crippen LogP contribution in [0.5, 0.6) is 11.5 Å². The van der Waals surface area contributed by atoms with Crippen molar-refractivity contribution in [3.63, 3.8) is 0 Å². The molecule has 1 aliphatic rings. The van der Waals surface area contributed by atoms with E-state index in [9.17, 15) is 14.0 Å². The number of amides is 1. The third-order valence-electron chi connectivity index (χ3n) is 4.19. The number of carbonyl (C=O) groups is 2. The van der Waals surface area contributed by atoms with E-state index in [2.05, 4.69) is 10.5 Å². The number of ether oxygens (including phenoxy) is 3. The third-order valence-corrected chi connectivity index (χ3v) is 4.19. The van der Waals surface area contributed by atoms with Crippen LogP contribution in [0.25, 0.3) is 0 Å². The normalized spacial score (nSPS) is 12.4. The lowest BCUT2D eigenvalue weighted by molar-refractivity contribution is -0.152. The maximum absolute atomic E-state index is 12.8. The van der Waals surface area contributed by atoms with Crippen molar-refractivity contribution in [2.45, 2.75) is 13.3 Å². The SMILES string of the molecule is C/C(=N\OCC(=O)OCC(=O)NCCc1ccc(F)cc1)c1ccc2c(c1)OCO2. The molecule has 0 aromatic heterocycles. The molecule has 0 fully saturated rings. The number of nitrogens with one attached hydrogen (secondary N) is 1. The zero-order valence-electron chi connectivity index (χ0n) is 16.4. The van der Waals surface area contributed by atoms with Gasteiger partial charge < -0.3 is 24.4 Å². The summed E-state index contributed by atoms with van der Waals surface area (Å²) in [4.78, 5) is 28.4. The molecule has 1 heterocycles. The van der Waals surface area contributed by atoms with E-state index >= 15 is 0 Å². The monoisotopic (exact) mass is 416 g/mol. The van der Waals surface area contributed by atoms with Crippen LogP contribution in [0.15, 0.2) is 47.6 Å². The highest BCUT2D eigenvalue weighted by Gasteiger charge is 2.14. The van der Waals surface area contributed by atoms with Crippen LogP contribution in [-0.2, 0) is 25.6 Å². The number of esters is 1. The number of oxime groups is 1. The van der Waals surface area contributed by atoms with Crippen LogP contribution in [0.4, 0.5) is 4.39 Å². The number of hydrogen-bond donors (Lipinski definition) is 1. The number of nitrogens with zero attached hydrogens (tertiary/aromatic N) is 1. The highest BCUT2D eigenvalue weighted by Crippen LogP contribution is 2.32. The predicted molar refractivity (Wildman–Crippen MR) is 105 cm³/mol. The molecule has 0 spiro atoms. The molecule has 158 valence electrons. The first kappa shape index (κ1) is 21.1. The molecular weight excluding hydrogens is 395 g/mol. The van der Waals surface area contributed by atoms with Gasteiger partial charge in [-0.25, -0.2) is 9.18 Å². The Morgan fingerprint density at radius 2 is 1.87 bits per heavy atom. The molecule has 3 rings (SSSR count). The Labute approximate surface area is 172 Å². The van der Waals surface area contributed by atoms with Crippen LogP contribution in [-0.4, -0.2) is 44.1 Å². The van der Waals surface area contributed by atoms with Gasteiger partial charge in [0.15, 0.2) is 18.1 Å². The standard InChI is InChI=1S/C21H21FN2O6/c1-14(16-4-7-18-19(10-16)29-13-28-18)24-30-12-21(26)27-11-20(25)23-9-8-15-2-5-17(22)6-3-15/h2-7,10H,8-9,11-13H2,1H3,(H,23,25)/b24-14+. The Balaban J connectivity index is 1.32. The maximum atomic E-state index is 12.8. The van der Waals surface area contributed by atoms with Crippen molar-refractivity contribution in [1.29, 1.82) is 0 Å². The van der Waals surface area contributed by atoms with Crippen LogP contribution in [0.3, 0.4) is 0 Å². The maximum Gasteiger partial charge on any atom is 0.347 e. The Morgan fingerprint density at radius 1 is 1.10 bits per heavy atom. The molecule has 0 radical (unpaired) electrons. The van der Waals surface area contributed by atoms with E-state index in [4.69, 9.17) is 19.0 Å². The first-order valence-corrected chi connectivity index (χ1v) is 9.24. The van der Waals surface area contributed by atoms with Crippen LogP contribution in [0.2, 0.25) is 0 Å². The molecule has 0 saturated heterocycles. The Morgan fingerprint density at radius 3 is 2.67 bits per heavy atom. The second kappa shape index (κ2) is 10.2. The lowest BCUT2D eigenvalue weighted by Gasteiger charge is -2.07. The molecule has 2 aromatic carbocycles. The van der Waals surface area contributed by atoms with Crippen LogP contribution in [0, 0.1) is 5.82 Å². The molecule has 0 aliphatic carbocycles. The summed E-state index contributed by atoms with van der Waals surface area (Å²) >= 11 is 0. The third kappa shape index (κ3) is 6.20. The fourth-order valence-corrected chi connectivity index (χ4v) is 2.59. The average Bonchev–Trinajstić information content (AvgIpc) is 3.21. The molecular formula is C21H21FN2O6. The Kier molecular flexibility index (Phi) is 7.20. The van der Waals surface area contributed by atoms with Gasteiger partial charge in [0.05, 0.1) is 5.71 Å². The highest BCUT2D eigenvalue weighted by molar-refractivity contribution is 5.99. The Hall–Kier alpha value is -3.62. The van der Waals surface area contributed by atoms with Gasteiger partial charge in [0, 0.05) is 12.1 Å². The smallest absolute Gasteiger partial charge is 0.347 e. The lowest BCUT2D eigenvalue weighted by atomic mass is 10.1. The molecule has 0 atom stereocenters. The van der Waals surface area contributed by atoms with E-state index in [1.807, 2.05) is 0 Å². The minimum Gasteiger partial charge on any atom is -0.454 e. The summed E-state index contributed by atoms with van der Waals surface area (Å²) in [5.41, 5.74) is 2.19. The second-order valence-electron chi connectivity index (χ2n) is 6.41. The molecule has 1 amide bonds. The molecule has 0 unspecified atom stereocenters. The summed E-state index contributed by atoms with van der Waals surface area (Å²) < 4.78 is 28.2. The fraction of sp³-hybridized carbons (Fsp3) is 0.286. The summed E-state index contributed by atoms with van der Waals surface area (Å²) in [5, 5.41) is 6.49. The van der Waals surface area contributed by atoms with E-state index in [-0.39, 0.29) is 12.6 Å². The van der Waals surface area contributed by atoms with Gasteiger partial charge in [-0.2, -0.15) is 0 Å². The Bertz CT molecular complexity index is 930. The lowest BCUT2D eigenvalue weighted by Crippen LogP contribution is -2.31. The van der Waals surface area contributed by atoms with Gasteiger partial charge in [-0.05, 0) is 49.2 Å². The molecule has 0 saturated carbocycles. The zero-order chi connectivity index (χ0) is 21.3. The predicted octanol–water partition coefficient (Wildman–Crippen LogP) is 2.20. The van der Waals surface area contributed by atoms with Crippen molar-refractivity contribution in [2.24, 2.45) is 5.16 Å². The van der Waals surface area contributed by atoms with Crippen LogP contribution >= 0.6 is 0 Å². The van der Waals surface area contributed by atoms with Crippen molar-refractivity contribution < 1.29 is 33.0 Å². The molecule has 9 heteroatoms. The van der Waals surface area contributed by atoms with Gasteiger partial charge in [-0.3, -0.25) is 4.79 Å². The van der Waals surface area contributed by atoms with E-state index in [0.29, 0.717) is 30.2 Å². The number of benzene rings is 2. The number of carbonyl (C=O) groups excluding carboxylic acids is 2. The molecule has 1 N–H and O–H groups in total. The van der Waals surface area contributed by atoms with Gasteiger partial charge in [-0.1, -0.05) is 17.3 Å². The molecule has 2 aromatic rings. The number of halogens is 1. The minimum absolute atomic E-state index is 0.178. The summed E-state index contributed by atoms with van der Waals surface area (Å²) in [7, 11) is 0. The number of hydrogen-bond acceptors (Lipinski definition) is 7. The number of rotatable bonds is 9. The topological polar surface area (TPSA) is 95.5 Å². The first-order valence-electron chi connectivity index (χ1n) is 9.24. The van der Waals surface area contributed by atoms with Gasteiger partial charge >= 0.3 is 5.97 Å². The highest BCUT2D eigenvalue weighted by atomic mass is 19.1. The van der Waals surface area contributed by atoms with Gasteiger partial charge in [-0.15, -0.1) is 0 Å². The van der Waals surface area contributed by atoms with E-state index in [1.54, 1.807) is 37.3 Å². The van der Waals surface area contributed by atoms with Crippen molar-refractivity contribution in [1.82, 2.24) is 5.32 Å². The summed E-state index contributed by atoms with van der Waals surface area (Å²) in [6.07, 6.45) is 0.539. The fourth-order valence-electron chi connectivity index (χ4n) is 2.59. The van der Waals surface area contributed by atoms with Crippen molar-refractivity contribution in [3.8, 4) is 11.5 Å². The van der Waals surface area contributed by atoms with Crippen LogP contribution < -0.4 is 14.8 Å². The van der Waals surface area contributed by atoms with Crippen molar-refractivity contribution in [3.05, 3.63) is 59.4 Å². The molecule has 30 heavy (non-hydrogen) atoms. The molecule has 8 nitrogen and oxygen atoms in total. The van der Waals surface area contributed by atoms with E-state index in [1.165, 1.54) is 12.1 Å². The summed E-state index contributed by atoms with van der Waals surface area (Å²) in [5.74, 6) is -0.192. The van der Waals surface area contributed by atoms with Crippen molar-refractivity contribution >= 4 is 17.6 Å². The van der Waals surface area contributed by atoms with Crippen LogP contribution in [0.1, 0.15) is 18.1 Å². The largest absolute Gasteiger partial charge is 0.454 e. The van der Waals surface area contributed by atoms with Gasteiger partial charge in [0.2, 0.25) is 13.4 Å². The summed E-state index contributed by atoms with van der Waals surface area (Å²) in [6, 6.07) is 11.3. The van der Waals surface area contributed by atoms with Crippen molar-refractivity contribution in [2.75, 3.05) is 26.6 Å².